The first-order chi connectivity index (χ1) is 15.3. The first-order valence-electron chi connectivity index (χ1n) is 11.2. The molecule has 2 aromatic carbocycles. The predicted octanol–water partition coefficient (Wildman–Crippen LogP) is 7.12. The summed E-state index contributed by atoms with van der Waals surface area (Å²) >= 11 is 18.9. The van der Waals surface area contributed by atoms with Crippen molar-refractivity contribution in [1.29, 1.82) is 0 Å². The molecule has 2 bridgehead atoms. The van der Waals surface area contributed by atoms with Crippen molar-refractivity contribution < 1.29 is 14.6 Å². The molecule has 0 aromatic heterocycles. The number of carbonyl (C=O) groups is 1. The summed E-state index contributed by atoms with van der Waals surface area (Å²) in [5, 5.41) is 12.8. The molecule has 3 aliphatic rings. The summed E-state index contributed by atoms with van der Waals surface area (Å²) in [7, 11) is 0. The van der Waals surface area contributed by atoms with Gasteiger partial charge in [0, 0.05) is 10.9 Å². The second kappa shape index (κ2) is 8.06. The van der Waals surface area contributed by atoms with E-state index in [9.17, 15) is 9.90 Å². The van der Waals surface area contributed by atoms with Crippen molar-refractivity contribution in [2.45, 2.75) is 58.2 Å². The Kier molecular flexibility index (Phi) is 5.61. The molecule has 1 aliphatic carbocycles. The van der Waals surface area contributed by atoms with Gasteiger partial charge in [-0.3, -0.25) is 4.79 Å². The maximum absolute atomic E-state index is 13.7. The number of hydrogen-bond acceptors (Lipinski definition) is 3. The van der Waals surface area contributed by atoms with E-state index >= 15 is 0 Å². The molecule has 168 valence electrons. The Balaban J connectivity index is 1.60. The predicted molar refractivity (Wildman–Crippen MR) is 129 cm³/mol. The average molecular weight is 492 g/mol. The van der Waals surface area contributed by atoms with Gasteiger partial charge in [-0.15, -0.1) is 0 Å². The number of rotatable bonds is 4. The van der Waals surface area contributed by atoms with E-state index in [1.165, 1.54) is 5.56 Å². The highest BCUT2D eigenvalue weighted by atomic mass is 35.5. The van der Waals surface area contributed by atoms with E-state index in [2.05, 4.69) is 32.9 Å². The van der Waals surface area contributed by atoms with E-state index < -0.39 is 0 Å². The molecule has 2 saturated heterocycles. The van der Waals surface area contributed by atoms with Crippen molar-refractivity contribution in [1.82, 2.24) is 0 Å². The zero-order chi connectivity index (χ0) is 22.9. The van der Waals surface area contributed by atoms with Crippen LogP contribution in [0, 0.1) is 18.8 Å². The van der Waals surface area contributed by atoms with E-state index in [-0.39, 0.29) is 41.5 Å². The van der Waals surface area contributed by atoms with Crippen LogP contribution < -0.4 is 0 Å². The largest absolute Gasteiger partial charge is 0.511 e. The fraction of sp³-hybridized carbons (Fsp3) is 0.423. The molecule has 5 atom stereocenters. The number of aryl methyl sites for hydroxylation is 3. The molecule has 3 nitrogen and oxygen atoms in total. The fourth-order valence-electron chi connectivity index (χ4n) is 6.05. The maximum atomic E-state index is 13.7. The number of Topliss-reactive ketones (excluding diaryl/α,β-unsaturated/α-hetero) is 1. The normalized spacial score (nSPS) is 28.7. The van der Waals surface area contributed by atoms with Crippen LogP contribution in [-0.4, -0.2) is 23.1 Å². The monoisotopic (exact) mass is 490 g/mol. The minimum absolute atomic E-state index is 0.00642. The molecule has 0 spiro atoms. The van der Waals surface area contributed by atoms with E-state index in [1.54, 1.807) is 12.1 Å². The SMILES string of the molecule is CCc1cc(C)cc(CC)c1C1=C(O)[C@@H]2C3OC(CC3c3cc(Cl)c(Cl)cc3Cl)[C@@H]2C1=O. The zero-order valence-corrected chi connectivity index (χ0v) is 20.5. The van der Waals surface area contributed by atoms with Crippen LogP contribution in [0.1, 0.15) is 54.0 Å². The molecule has 0 radical (unpaired) electrons. The van der Waals surface area contributed by atoms with E-state index in [0.29, 0.717) is 27.1 Å². The van der Waals surface area contributed by atoms with Gasteiger partial charge in [-0.1, -0.05) is 66.3 Å². The first kappa shape index (κ1) is 22.3. The van der Waals surface area contributed by atoms with Gasteiger partial charge >= 0.3 is 0 Å². The summed E-state index contributed by atoms with van der Waals surface area (Å²) in [4.78, 5) is 13.7. The van der Waals surface area contributed by atoms with Crippen LogP contribution in [-0.2, 0) is 22.4 Å². The highest BCUT2D eigenvalue weighted by Crippen LogP contribution is 2.59. The third-order valence-electron chi connectivity index (χ3n) is 7.37. The van der Waals surface area contributed by atoms with Gasteiger partial charge in [-0.25, -0.2) is 0 Å². The maximum Gasteiger partial charge on any atom is 0.173 e. The van der Waals surface area contributed by atoms with Crippen LogP contribution in [0.25, 0.3) is 5.57 Å². The lowest BCUT2D eigenvalue weighted by molar-refractivity contribution is -0.118. The smallest absolute Gasteiger partial charge is 0.173 e. The van der Waals surface area contributed by atoms with Gasteiger partial charge in [-0.05, 0) is 60.6 Å². The van der Waals surface area contributed by atoms with Gasteiger partial charge in [0.1, 0.15) is 5.76 Å². The molecule has 2 heterocycles. The number of ether oxygens (including phenoxy) is 1. The Hall–Kier alpha value is -1.52. The van der Waals surface area contributed by atoms with Crippen LogP contribution in [0.3, 0.4) is 0 Å². The Bertz CT molecular complexity index is 1140. The van der Waals surface area contributed by atoms with Gasteiger partial charge in [-0.2, -0.15) is 0 Å². The van der Waals surface area contributed by atoms with Crippen molar-refractivity contribution in [3.8, 4) is 0 Å². The number of aliphatic hydroxyl groups excluding tert-OH is 1. The lowest BCUT2D eigenvalue weighted by Crippen LogP contribution is -2.33. The van der Waals surface area contributed by atoms with Gasteiger partial charge in [0.2, 0.25) is 0 Å². The molecule has 32 heavy (non-hydrogen) atoms. The number of ketones is 1. The Morgan fingerprint density at radius 2 is 1.59 bits per heavy atom. The van der Waals surface area contributed by atoms with Gasteiger partial charge in [0.15, 0.2) is 5.78 Å². The molecule has 2 aromatic rings. The molecular formula is C26H25Cl3O3. The van der Waals surface area contributed by atoms with Crippen LogP contribution >= 0.6 is 34.8 Å². The Morgan fingerprint density at radius 1 is 0.969 bits per heavy atom. The number of halogens is 3. The zero-order valence-electron chi connectivity index (χ0n) is 18.2. The summed E-state index contributed by atoms with van der Waals surface area (Å²) in [5.74, 6) is -0.577. The number of benzene rings is 2. The standard InChI is InChI=1S/C26H25Cl3O3/c1-4-12-6-11(3)7-13(5-2)20(12)22-24(30)21-19-9-15(26(32-19)23(21)25(22)31)14-8-17(28)18(29)10-16(14)27/h6-8,10,15,19,21,23,26,31H,4-5,9H2,1-3H3/t15?,19?,21-,23+,26?/m0/s1. The van der Waals surface area contributed by atoms with Crippen LogP contribution in [0.2, 0.25) is 15.1 Å². The number of allylic oxidation sites excluding steroid dienone is 1. The van der Waals surface area contributed by atoms with Crippen molar-refractivity contribution in [2.75, 3.05) is 0 Å². The second-order valence-corrected chi connectivity index (χ2v) is 10.3. The third-order valence-corrected chi connectivity index (χ3v) is 8.42. The van der Waals surface area contributed by atoms with E-state index in [4.69, 9.17) is 39.5 Å². The highest BCUT2D eigenvalue weighted by Gasteiger charge is 2.63. The van der Waals surface area contributed by atoms with Crippen molar-refractivity contribution >= 4 is 46.2 Å². The van der Waals surface area contributed by atoms with E-state index in [0.717, 1.165) is 35.1 Å². The number of aliphatic hydroxyl groups is 1. The molecule has 1 N–H and O–H groups in total. The Labute approximate surface area is 203 Å². The van der Waals surface area contributed by atoms with Crippen molar-refractivity contribution in [3.63, 3.8) is 0 Å². The topological polar surface area (TPSA) is 46.5 Å². The molecule has 2 fully saturated rings. The minimum atomic E-state index is -0.359. The average Bonchev–Trinajstić information content (AvgIpc) is 3.42. The third kappa shape index (κ3) is 3.16. The molecule has 0 amide bonds. The summed E-state index contributed by atoms with van der Waals surface area (Å²) in [6.07, 6.45) is 1.71. The summed E-state index contributed by atoms with van der Waals surface area (Å²) < 4.78 is 6.24. The van der Waals surface area contributed by atoms with Gasteiger partial charge in [0.05, 0.1) is 39.7 Å². The highest BCUT2D eigenvalue weighted by molar-refractivity contribution is 6.43. The van der Waals surface area contributed by atoms with Crippen molar-refractivity contribution in [3.05, 3.63) is 72.9 Å². The molecule has 5 rings (SSSR count). The van der Waals surface area contributed by atoms with Crippen LogP contribution in [0.15, 0.2) is 30.0 Å². The lowest BCUT2D eigenvalue weighted by Gasteiger charge is -2.28. The molecule has 6 heteroatoms. The van der Waals surface area contributed by atoms with E-state index in [1.807, 2.05) is 0 Å². The Morgan fingerprint density at radius 3 is 2.22 bits per heavy atom. The number of fused-ring (bicyclic) bond motifs is 5. The number of hydrogen-bond donors (Lipinski definition) is 1. The molecule has 2 aliphatic heterocycles. The fourth-order valence-corrected chi connectivity index (χ4v) is 6.75. The molecular weight excluding hydrogens is 467 g/mol. The minimum Gasteiger partial charge on any atom is -0.511 e. The summed E-state index contributed by atoms with van der Waals surface area (Å²) in [6, 6.07) is 7.69. The first-order valence-corrected chi connectivity index (χ1v) is 12.3. The number of carbonyl (C=O) groups excluding carboxylic acids is 1. The van der Waals surface area contributed by atoms with Crippen molar-refractivity contribution in [2.24, 2.45) is 11.8 Å². The second-order valence-electron chi connectivity index (χ2n) is 9.11. The van der Waals surface area contributed by atoms with Gasteiger partial charge in [0.25, 0.3) is 0 Å². The quantitative estimate of drug-likeness (QED) is 0.463. The van der Waals surface area contributed by atoms with Crippen LogP contribution in [0.4, 0.5) is 0 Å². The molecule has 0 saturated carbocycles. The molecule has 3 unspecified atom stereocenters. The summed E-state index contributed by atoms with van der Waals surface area (Å²) in [5.41, 5.74) is 5.66. The van der Waals surface area contributed by atoms with Crippen LogP contribution in [0.5, 0.6) is 0 Å². The van der Waals surface area contributed by atoms with Gasteiger partial charge < -0.3 is 9.84 Å². The summed E-state index contributed by atoms with van der Waals surface area (Å²) in [6.45, 7) is 6.25. The lowest BCUT2D eigenvalue weighted by atomic mass is 9.72.